The first-order valence-corrected chi connectivity index (χ1v) is 6.95. The molecule has 4 nitrogen and oxygen atoms in total. The van der Waals surface area contributed by atoms with Crippen molar-refractivity contribution in [2.45, 2.75) is 37.4 Å². The minimum atomic E-state index is -0.972. The van der Waals surface area contributed by atoms with E-state index in [0.29, 0.717) is 10.8 Å². The summed E-state index contributed by atoms with van der Waals surface area (Å²) in [7, 11) is 0. The van der Waals surface area contributed by atoms with Crippen molar-refractivity contribution in [3.8, 4) is 0 Å². The molecule has 1 heterocycles. The fourth-order valence-electron chi connectivity index (χ4n) is 1.47. The lowest BCUT2D eigenvalue weighted by atomic mass is 10.1. The number of nitrogens with zero attached hydrogens (tertiary/aromatic N) is 1. The SMILES string of the molecule is CC(C)NC(C)(CSc1ccc(Cl)cn1)C(=O)O. The molecule has 0 saturated heterocycles. The Morgan fingerprint density at radius 3 is 2.72 bits per heavy atom. The molecule has 0 radical (unpaired) electrons. The second-order valence-electron chi connectivity index (χ2n) is 4.54. The fourth-order valence-corrected chi connectivity index (χ4v) is 2.51. The molecule has 6 heteroatoms. The van der Waals surface area contributed by atoms with Crippen LogP contribution in [-0.2, 0) is 4.79 Å². The van der Waals surface area contributed by atoms with E-state index in [1.165, 1.54) is 11.8 Å². The Labute approximate surface area is 116 Å². The Kier molecular flexibility index (Phi) is 5.44. The van der Waals surface area contributed by atoms with Gasteiger partial charge in [-0.1, -0.05) is 11.6 Å². The summed E-state index contributed by atoms with van der Waals surface area (Å²) in [5.41, 5.74) is -0.972. The third-order valence-electron chi connectivity index (χ3n) is 2.29. The minimum absolute atomic E-state index is 0.102. The summed E-state index contributed by atoms with van der Waals surface area (Å²) in [6, 6.07) is 3.63. The van der Waals surface area contributed by atoms with Crippen molar-refractivity contribution in [2.24, 2.45) is 0 Å². The van der Waals surface area contributed by atoms with E-state index in [1.807, 2.05) is 13.8 Å². The molecule has 0 aliphatic heterocycles. The Morgan fingerprint density at radius 1 is 1.61 bits per heavy atom. The van der Waals surface area contributed by atoms with E-state index >= 15 is 0 Å². The van der Waals surface area contributed by atoms with Crippen LogP contribution < -0.4 is 5.32 Å². The van der Waals surface area contributed by atoms with Crippen molar-refractivity contribution in [3.05, 3.63) is 23.4 Å². The molecule has 2 N–H and O–H groups in total. The van der Waals surface area contributed by atoms with Gasteiger partial charge in [-0.3, -0.25) is 10.1 Å². The number of thioether (sulfide) groups is 1. The Morgan fingerprint density at radius 2 is 2.28 bits per heavy atom. The van der Waals surface area contributed by atoms with Crippen molar-refractivity contribution < 1.29 is 9.90 Å². The number of carbonyl (C=O) groups is 1. The van der Waals surface area contributed by atoms with Gasteiger partial charge in [0.15, 0.2) is 0 Å². The van der Waals surface area contributed by atoms with Crippen molar-refractivity contribution in [2.75, 3.05) is 5.75 Å². The molecule has 1 atom stereocenters. The molecular weight excluding hydrogens is 272 g/mol. The van der Waals surface area contributed by atoms with Crippen LogP contribution in [0.2, 0.25) is 5.02 Å². The molecule has 100 valence electrons. The number of hydrogen-bond acceptors (Lipinski definition) is 4. The fraction of sp³-hybridized carbons (Fsp3) is 0.500. The third kappa shape index (κ3) is 4.48. The van der Waals surface area contributed by atoms with Crippen molar-refractivity contribution in [1.82, 2.24) is 10.3 Å². The van der Waals surface area contributed by atoms with E-state index in [1.54, 1.807) is 25.3 Å². The van der Waals surface area contributed by atoms with Crippen LogP contribution in [0.15, 0.2) is 23.4 Å². The van der Waals surface area contributed by atoms with Crippen molar-refractivity contribution in [3.63, 3.8) is 0 Å². The number of pyridine rings is 1. The maximum absolute atomic E-state index is 11.3. The topological polar surface area (TPSA) is 62.2 Å². The molecule has 0 spiro atoms. The molecule has 1 rings (SSSR count). The molecule has 0 bridgehead atoms. The summed E-state index contributed by atoms with van der Waals surface area (Å²) in [5.74, 6) is -0.465. The Bertz CT molecular complexity index is 411. The highest BCUT2D eigenvalue weighted by Crippen LogP contribution is 2.22. The number of aliphatic carboxylic acids is 1. The Hall–Kier alpha value is -0.780. The van der Waals surface area contributed by atoms with Crippen LogP contribution in [0.3, 0.4) is 0 Å². The highest BCUT2D eigenvalue weighted by atomic mass is 35.5. The van der Waals surface area contributed by atoms with E-state index in [4.69, 9.17) is 11.6 Å². The summed E-state index contributed by atoms with van der Waals surface area (Å²) in [6.45, 7) is 5.52. The van der Waals surface area contributed by atoms with Crippen molar-refractivity contribution >= 4 is 29.3 Å². The normalized spacial score (nSPS) is 14.5. The predicted molar refractivity (Wildman–Crippen MR) is 74.3 cm³/mol. The van der Waals surface area contributed by atoms with Crippen LogP contribution in [0.4, 0.5) is 0 Å². The van der Waals surface area contributed by atoms with Gasteiger partial charge in [0.1, 0.15) is 5.54 Å². The molecule has 1 aromatic heterocycles. The highest BCUT2D eigenvalue weighted by Gasteiger charge is 2.33. The monoisotopic (exact) mass is 288 g/mol. The van der Waals surface area contributed by atoms with Gasteiger partial charge in [-0.25, -0.2) is 4.98 Å². The number of nitrogens with one attached hydrogen (secondary N) is 1. The second kappa shape index (κ2) is 6.41. The summed E-state index contributed by atoms with van der Waals surface area (Å²) < 4.78 is 0. The van der Waals surface area contributed by atoms with Crippen LogP contribution in [0, 0.1) is 0 Å². The molecule has 1 aromatic rings. The lowest BCUT2D eigenvalue weighted by Crippen LogP contribution is -2.54. The number of carboxylic acid groups (broad SMARTS) is 1. The van der Waals surface area contributed by atoms with Crippen LogP contribution in [-0.4, -0.2) is 33.4 Å². The molecule has 1 unspecified atom stereocenters. The zero-order chi connectivity index (χ0) is 13.8. The molecule has 0 aliphatic rings. The Balaban J connectivity index is 2.68. The van der Waals surface area contributed by atoms with Crippen LogP contribution in [0.5, 0.6) is 0 Å². The quantitative estimate of drug-likeness (QED) is 0.788. The summed E-state index contributed by atoms with van der Waals surface area (Å²) in [5, 5.41) is 13.7. The first kappa shape index (κ1) is 15.3. The molecule has 0 saturated carbocycles. The average Bonchev–Trinajstić information content (AvgIpc) is 2.27. The summed E-state index contributed by atoms with van der Waals surface area (Å²) in [6.07, 6.45) is 1.55. The average molecular weight is 289 g/mol. The number of aromatic nitrogens is 1. The molecular formula is C12H17ClN2O2S. The maximum Gasteiger partial charge on any atom is 0.324 e. The zero-order valence-electron chi connectivity index (χ0n) is 10.6. The lowest BCUT2D eigenvalue weighted by Gasteiger charge is -2.28. The van der Waals surface area contributed by atoms with Gasteiger partial charge in [0.25, 0.3) is 0 Å². The molecule has 0 aliphatic carbocycles. The smallest absolute Gasteiger partial charge is 0.324 e. The third-order valence-corrected chi connectivity index (χ3v) is 3.77. The van der Waals surface area contributed by atoms with Gasteiger partial charge < -0.3 is 5.11 Å². The number of hydrogen-bond donors (Lipinski definition) is 2. The summed E-state index contributed by atoms with van der Waals surface area (Å²) >= 11 is 7.14. The van der Waals surface area contributed by atoms with E-state index in [-0.39, 0.29) is 6.04 Å². The van der Waals surface area contributed by atoms with Crippen LogP contribution in [0.1, 0.15) is 20.8 Å². The number of carboxylic acids is 1. The first-order chi connectivity index (χ1) is 8.33. The zero-order valence-corrected chi connectivity index (χ0v) is 12.2. The lowest BCUT2D eigenvalue weighted by molar-refractivity contribution is -0.143. The van der Waals surface area contributed by atoms with Gasteiger partial charge in [0.05, 0.1) is 10.0 Å². The maximum atomic E-state index is 11.3. The molecule has 0 amide bonds. The first-order valence-electron chi connectivity index (χ1n) is 5.59. The van der Waals surface area contributed by atoms with Crippen LogP contribution in [0.25, 0.3) is 0 Å². The van der Waals surface area contributed by atoms with Gasteiger partial charge in [-0.2, -0.15) is 0 Å². The predicted octanol–water partition coefficient (Wildman–Crippen LogP) is 2.67. The van der Waals surface area contributed by atoms with Crippen LogP contribution >= 0.6 is 23.4 Å². The van der Waals surface area contributed by atoms with Gasteiger partial charge in [0, 0.05) is 18.0 Å². The van der Waals surface area contributed by atoms with E-state index < -0.39 is 11.5 Å². The molecule has 18 heavy (non-hydrogen) atoms. The van der Waals surface area contributed by atoms with Gasteiger partial charge >= 0.3 is 5.97 Å². The number of halogens is 1. The largest absolute Gasteiger partial charge is 0.480 e. The van der Waals surface area contributed by atoms with E-state index in [9.17, 15) is 9.90 Å². The minimum Gasteiger partial charge on any atom is -0.480 e. The van der Waals surface area contributed by atoms with Gasteiger partial charge in [-0.05, 0) is 32.9 Å². The highest BCUT2D eigenvalue weighted by molar-refractivity contribution is 7.99. The second-order valence-corrected chi connectivity index (χ2v) is 5.97. The van der Waals surface area contributed by atoms with E-state index in [0.717, 1.165) is 5.03 Å². The van der Waals surface area contributed by atoms with Gasteiger partial charge in [-0.15, -0.1) is 11.8 Å². The standard InChI is InChI=1S/C12H17ClN2O2S/c1-8(2)15-12(3,11(16)17)7-18-10-5-4-9(13)6-14-10/h4-6,8,15H,7H2,1-3H3,(H,16,17). The van der Waals surface area contributed by atoms with E-state index in [2.05, 4.69) is 10.3 Å². The van der Waals surface area contributed by atoms with Crippen molar-refractivity contribution in [1.29, 1.82) is 0 Å². The molecule has 0 aromatic carbocycles. The number of rotatable bonds is 6. The summed E-state index contributed by atoms with van der Waals surface area (Å²) in [4.78, 5) is 15.4. The molecule has 0 fully saturated rings. The van der Waals surface area contributed by atoms with Gasteiger partial charge in [0.2, 0.25) is 0 Å².